The molecule has 0 spiro atoms. The van der Waals surface area contributed by atoms with Crippen LogP contribution in [0.1, 0.15) is 29.2 Å². The molecular formula is C16H18N2O. The average Bonchev–Trinajstić information content (AvgIpc) is 2.77. The summed E-state index contributed by atoms with van der Waals surface area (Å²) >= 11 is 0. The van der Waals surface area contributed by atoms with Crippen molar-refractivity contribution in [2.75, 3.05) is 5.32 Å². The van der Waals surface area contributed by atoms with Gasteiger partial charge < -0.3 is 9.88 Å². The number of nitrogens with one attached hydrogen (secondary N) is 1. The van der Waals surface area contributed by atoms with Gasteiger partial charge in [0.25, 0.3) is 0 Å². The average molecular weight is 254 g/mol. The van der Waals surface area contributed by atoms with Crippen LogP contribution in [0.2, 0.25) is 0 Å². The summed E-state index contributed by atoms with van der Waals surface area (Å²) in [6.07, 6.45) is 4.09. The molecule has 2 aromatic rings. The van der Waals surface area contributed by atoms with Crippen molar-refractivity contribution in [3.8, 4) is 0 Å². The molecule has 0 bridgehead atoms. The number of hydrogen-bond acceptors (Lipinski definition) is 2. The topological polar surface area (TPSA) is 34.0 Å². The van der Waals surface area contributed by atoms with Crippen LogP contribution >= 0.6 is 0 Å². The molecule has 19 heavy (non-hydrogen) atoms. The van der Waals surface area contributed by atoms with Crippen LogP contribution < -0.4 is 10.9 Å². The summed E-state index contributed by atoms with van der Waals surface area (Å²) in [6, 6.07) is 10.5. The largest absolute Gasteiger partial charge is 0.377 e. The summed E-state index contributed by atoms with van der Waals surface area (Å²) in [4.78, 5) is 11.4. The Morgan fingerprint density at radius 1 is 1.26 bits per heavy atom. The molecule has 3 rings (SSSR count). The van der Waals surface area contributed by atoms with Gasteiger partial charge in [0.15, 0.2) is 0 Å². The summed E-state index contributed by atoms with van der Waals surface area (Å²) in [6.45, 7) is 2.13. The highest BCUT2D eigenvalue weighted by molar-refractivity contribution is 5.47. The van der Waals surface area contributed by atoms with Gasteiger partial charge in [0.1, 0.15) is 0 Å². The Hall–Kier alpha value is -2.03. The summed E-state index contributed by atoms with van der Waals surface area (Å²) in [5.74, 6) is 0. The van der Waals surface area contributed by atoms with Crippen LogP contribution in [-0.4, -0.2) is 4.57 Å². The van der Waals surface area contributed by atoms with E-state index in [0.717, 1.165) is 18.5 Å². The molecule has 1 aliphatic rings. The van der Waals surface area contributed by atoms with Crippen molar-refractivity contribution in [3.63, 3.8) is 0 Å². The Morgan fingerprint density at radius 2 is 2.11 bits per heavy atom. The summed E-state index contributed by atoms with van der Waals surface area (Å²) in [5.41, 5.74) is 5.16. The van der Waals surface area contributed by atoms with Crippen molar-refractivity contribution in [1.82, 2.24) is 4.57 Å². The molecule has 1 atom stereocenters. The van der Waals surface area contributed by atoms with E-state index in [2.05, 4.69) is 30.4 Å². The Balaban J connectivity index is 1.88. The third-order valence-electron chi connectivity index (χ3n) is 3.81. The molecule has 3 nitrogen and oxygen atoms in total. The van der Waals surface area contributed by atoms with Gasteiger partial charge in [-0.25, -0.2) is 0 Å². The molecule has 0 fully saturated rings. The molecule has 1 aromatic heterocycles. The summed E-state index contributed by atoms with van der Waals surface area (Å²) in [7, 11) is 1.78. The van der Waals surface area contributed by atoms with Crippen molar-refractivity contribution in [3.05, 3.63) is 63.6 Å². The van der Waals surface area contributed by atoms with Gasteiger partial charge in [-0.1, -0.05) is 23.8 Å². The van der Waals surface area contributed by atoms with Crippen molar-refractivity contribution >= 4 is 5.69 Å². The van der Waals surface area contributed by atoms with E-state index >= 15 is 0 Å². The first-order valence-corrected chi connectivity index (χ1v) is 6.66. The molecule has 1 N–H and O–H groups in total. The van der Waals surface area contributed by atoms with Gasteiger partial charge in [0.2, 0.25) is 5.56 Å². The molecule has 1 heterocycles. The first-order chi connectivity index (χ1) is 9.13. The quantitative estimate of drug-likeness (QED) is 0.894. The van der Waals surface area contributed by atoms with Crippen LogP contribution in [-0.2, 0) is 13.5 Å². The number of hydrogen-bond donors (Lipinski definition) is 1. The number of aryl methyl sites for hydroxylation is 3. The third-order valence-corrected chi connectivity index (χ3v) is 3.81. The van der Waals surface area contributed by atoms with Crippen molar-refractivity contribution < 1.29 is 0 Å². The van der Waals surface area contributed by atoms with Gasteiger partial charge in [-0.15, -0.1) is 0 Å². The van der Waals surface area contributed by atoms with Gasteiger partial charge in [-0.3, -0.25) is 4.79 Å². The molecule has 1 aliphatic carbocycles. The number of rotatable bonds is 2. The van der Waals surface area contributed by atoms with Gasteiger partial charge in [0, 0.05) is 19.3 Å². The van der Waals surface area contributed by atoms with Crippen LogP contribution in [0.25, 0.3) is 0 Å². The first-order valence-electron chi connectivity index (χ1n) is 6.66. The number of anilines is 1. The SMILES string of the molecule is Cc1ccc2c(c1)C(Nc1ccc(=O)n(C)c1)CC2. The lowest BCUT2D eigenvalue weighted by atomic mass is 10.0. The lowest BCUT2D eigenvalue weighted by Gasteiger charge is -2.16. The van der Waals surface area contributed by atoms with Crippen molar-refractivity contribution in [2.45, 2.75) is 25.8 Å². The number of nitrogens with zero attached hydrogens (tertiary/aromatic N) is 1. The van der Waals surface area contributed by atoms with E-state index in [4.69, 9.17) is 0 Å². The first kappa shape index (κ1) is 12.0. The smallest absolute Gasteiger partial charge is 0.250 e. The summed E-state index contributed by atoms with van der Waals surface area (Å²) in [5, 5.41) is 3.53. The van der Waals surface area contributed by atoms with Gasteiger partial charge in [-0.05, 0) is 37.0 Å². The lowest BCUT2D eigenvalue weighted by molar-refractivity contribution is 0.756. The van der Waals surface area contributed by atoms with E-state index in [0.29, 0.717) is 6.04 Å². The summed E-state index contributed by atoms with van der Waals surface area (Å²) < 4.78 is 1.61. The number of benzene rings is 1. The second-order valence-electron chi connectivity index (χ2n) is 5.30. The zero-order chi connectivity index (χ0) is 13.4. The van der Waals surface area contributed by atoms with Gasteiger partial charge >= 0.3 is 0 Å². The Bertz CT molecular complexity index is 673. The molecule has 0 aliphatic heterocycles. The second kappa shape index (κ2) is 4.57. The number of pyridine rings is 1. The zero-order valence-corrected chi connectivity index (χ0v) is 11.3. The highest BCUT2D eigenvalue weighted by atomic mass is 16.1. The maximum Gasteiger partial charge on any atom is 0.250 e. The molecule has 3 heteroatoms. The maximum atomic E-state index is 11.4. The molecule has 0 amide bonds. The lowest BCUT2D eigenvalue weighted by Crippen LogP contribution is -2.16. The zero-order valence-electron chi connectivity index (χ0n) is 11.3. The number of fused-ring (bicyclic) bond motifs is 1. The standard InChI is InChI=1S/C16H18N2O/c1-11-3-4-12-5-7-15(14(12)9-11)17-13-6-8-16(19)18(2)10-13/h3-4,6,8-10,15,17H,5,7H2,1-2H3. The van der Waals surface area contributed by atoms with Crippen LogP contribution in [0.4, 0.5) is 5.69 Å². The fraction of sp³-hybridized carbons (Fsp3) is 0.312. The van der Waals surface area contributed by atoms with Crippen molar-refractivity contribution in [2.24, 2.45) is 7.05 Å². The van der Waals surface area contributed by atoms with Gasteiger partial charge in [-0.2, -0.15) is 0 Å². The molecule has 1 unspecified atom stereocenters. The molecule has 0 saturated heterocycles. The molecule has 1 aromatic carbocycles. The van der Waals surface area contributed by atoms with Crippen LogP contribution in [0.3, 0.4) is 0 Å². The van der Waals surface area contributed by atoms with Crippen LogP contribution in [0.5, 0.6) is 0 Å². The second-order valence-corrected chi connectivity index (χ2v) is 5.30. The predicted octanol–water partition coefficient (Wildman–Crippen LogP) is 2.79. The monoisotopic (exact) mass is 254 g/mol. The minimum Gasteiger partial charge on any atom is -0.377 e. The molecule has 0 radical (unpaired) electrons. The van der Waals surface area contributed by atoms with E-state index in [1.807, 2.05) is 12.3 Å². The van der Waals surface area contributed by atoms with E-state index in [1.165, 1.54) is 16.7 Å². The van der Waals surface area contributed by atoms with E-state index in [-0.39, 0.29) is 5.56 Å². The predicted molar refractivity (Wildman–Crippen MR) is 77.5 cm³/mol. The molecular weight excluding hydrogens is 236 g/mol. The van der Waals surface area contributed by atoms with Gasteiger partial charge in [0.05, 0.1) is 11.7 Å². The fourth-order valence-corrected chi connectivity index (χ4v) is 2.75. The van der Waals surface area contributed by atoms with Crippen LogP contribution in [0.15, 0.2) is 41.3 Å². The molecule has 98 valence electrons. The normalized spacial score (nSPS) is 17.3. The third kappa shape index (κ3) is 2.28. The minimum atomic E-state index is 0.0215. The number of aromatic nitrogens is 1. The molecule has 0 saturated carbocycles. The Kier molecular flexibility index (Phi) is 2.90. The maximum absolute atomic E-state index is 11.4. The minimum absolute atomic E-state index is 0.0215. The van der Waals surface area contributed by atoms with E-state index in [9.17, 15) is 4.79 Å². The Morgan fingerprint density at radius 3 is 2.89 bits per heavy atom. The van der Waals surface area contributed by atoms with E-state index < -0.39 is 0 Å². The fourth-order valence-electron chi connectivity index (χ4n) is 2.75. The van der Waals surface area contributed by atoms with Crippen molar-refractivity contribution in [1.29, 1.82) is 0 Å². The highest BCUT2D eigenvalue weighted by Gasteiger charge is 2.22. The Labute approximate surface area is 112 Å². The van der Waals surface area contributed by atoms with Crippen LogP contribution in [0, 0.1) is 6.92 Å². The highest BCUT2D eigenvalue weighted by Crippen LogP contribution is 2.34. The van der Waals surface area contributed by atoms with E-state index in [1.54, 1.807) is 17.7 Å².